The third kappa shape index (κ3) is 5.31. The molecule has 176 valence electrons. The number of aryl methyl sites for hydroxylation is 1. The number of carbonyl (C=O) groups is 2. The average Bonchev–Trinajstić information content (AvgIpc) is 3.38. The topological polar surface area (TPSA) is 114 Å². The maximum atomic E-state index is 12.5. The zero-order valence-corrected chi connectivity index (χ0v) is 20.0. The number of carbonyl (C=O) groups excluding carboxylic acids is 2. The largest absolute Gasteiger partial charge is 0.462 e. The maximum Gasteiger partial charge on any atom is 0.348 e. The van der Waals surface area contributed by atoms with Crippen LogP contribution >= 0.6 is 11.3 Å². The number of likely N-dealkylation sites (tertiary alicyclic amines) is 1. The van der Waals surface area contributed by atoms with Crippen molar-refractivity contribution in [3.8, 4) is 0 Å². The van der Waals surface area contributed by atoms with Crippen LogP contribution in [-0.2, 0) is 22.6 Å². The molecule has 0 bridgehead atoms. The number of thiophene rings is 1. The summed E-state index contributed by atoms with van der Waals surface area (Å²) in [4.78, 5) is 37.4. The van der Waals surface area contributed by atoms with Crippen LogP contribution in [0.4, 0.5) is 11.5 Å². The van der Waals surface area contributed by atoms with Gasteiger partial charge >= 0.3 is 5.97 Å². The minimum Gasteiger partial charge on any atom is -0.462 e. The van der Waals surface area contributed by atoms with Crippen LogP contribution in [-0.4, -0.2) is 63.3 Å². The Bertz CT molecular complexity index is 1150. The predicted octanol–water partition coefficient (Wildman–Crippen LogP) is 2.85. The second-order valence-electron chi connectivity index (χ2n) is 8.01. The average molecular weight is 472 g/mol. The van der Waals surface area contributed by atoms with Crippen molar-refractivity contribution in [2.24, 2.45) is 0 Å². The number of piperidine rings is 1. The van der Waals surface area contributed by atoms with Gasteiger partial charge in [-0.05, 0) is 45.3 Å². The van der Waals surface area contributed by atoms with E-state index in [1.54, 1.807) is 31.0 Å². The molecule has 1 amide bonds. The standard InChI is InChI=1S/C22H29N7O3S/c1-4-32-22(31)19-14(2)18-20(25-15-10-24-29(11-15)13-17(30)23-3)26-16(27-21(18)33-19)12-28-8-6-5-7-9-28/h10-11H,4-9,12-13H2,1-3H3,(H,23,30)(H,25,26,27). The Kier molecular flexibility index (Phi) is 7.19. The Morgan fingerprint density at radius 3 is 2.73 bits per heavy atom. The minimum atomic E-state index is -0.347. The number of nitrogens with zero attached hydrogens (tertiary/aromatic N) is 5. The first kappa shape index (κ1) is 23.1. The van der Waals surface area contributed by atoms with Crippen molar-refractivity contribution in [3.05, 3.63) is 28.7 Å². The van der Waals surface area contributed by atoms with E-state index in [1.165, 1.54) is 30.6 Å². The highest BCUT2D eigenvalue weighted by Crippen LogP contribution is 2.35. The number of ether oxygens (including phenoxy) is 1. The number of nitrogens with one attached hydrogen (secondary N) is 2. The van der Waals surface area contributed by atoms with E-state index in [0.29, 0.717) is 35.4 Å². The van der Waals surface area contributed by atoms with E-state index < -0.39 is 0 Å². The molecule has 3 aromatic rings. The molecular formula is C22H29N7O3S. The quantitative estimate of drug-likeness (QED) is 0.482. The molecule has 1 saturated heterocycles. The van der Waals surface area contributed by atoms with Gasteiger partial charge in [0, 0.05) is 13.2 Å². The lowest BCUT2D eigenvalue weighted by Crippen LogP contribution is -2.29. The maximum absolute atomic E-state index is 12.5. The molecule has 0 spiro atoms. The van der Waals surface area contributed by atoms with E-state index >= 15 is 0 Å². The Morgan fingerprint density at radius 2 is 2.00 bits per heavy atom. The highest BCUT2D eigenvalue weighted by Gasteiger charge is 2.23. The Morgan fingerprint density at radius 1 is 1.21 bits per heavy atom. The first-order valence-electron chi connectivity index (χ1n) is 11.2. The smallest absolute Gasteiger partial charge is 0.348 e. The number of fused-ring (bicyclic) bond motifs is 1. The van der Waals surface area contributed by atoms with Gasteiger partial charge in [0.1, 0.15) is 27.9 Å². The van der Waals surface area contributed by atoms with Crippen molar-refractivity contribution >= 4 is 44.9 Å². The fourth-order valence-corrected chi connectivity index (χ4v) is 5.02. The van der Waals surface area contributed by atoms with Gasteiger partial charge in [0.05, 0.1) is 30.4 Å². The molecule has 10 nitrogen and oxygen atoms in total. The van der Waals surface area contributed by atoms with Gasteiger partial charge in [0.15, 0.2) is 0 Å². The molecule has 0 radical (unpaired) electrons. The molecule has 4 rings (SSSR count). The van der Waals surface area contributed by atoms with Gasteiger partial charge in [0.2, 0.25) is 5.91 Å². The molecule has 1 fully saturated rings. The number of hydrogen-bond acceptors (Lipinski definition) is 9. The van der Waals surface area contributed by atoms with E-state index in [-0.39, 0.29) is 18.4 Å². The molecule has 0 unspecified atom stereocenters. The summed E-state index contributed by atoms with van der Waals surface area (Å²) in [7, 11) is 1.59. The number of hydrogen-bond donors (Lipinski definition) is 2. The van der Waals surface area contributed by atoms with Crippen molar-refractivity contribution < 1.29 is 14.3 Å². The molecule has 1 aliphatic rings. The van der Waals surface area contributed by atoms with Crippen molar-refractivity contribution in [2.75, 3.05) is 32.1 Å². The van der Waals surface area contributed by atoms with E-state index in [0.717, 1.165) is 28.9 Å². The first-order valence-corrected chi connectivity index (χ1v) is 12.0. The zero-order chi connectivity index (χ0) is 23.4. The highest BCUT2D eigenvalue weighted by atomic mass is 32.1. The monoisotopic (exact) mass is 471 g/mol. The van der Waals surface area contributed by atoms with Crippen LogP contribution in [0, 0.1) is 6.92 Å². The fourth-order valence-electron chi connectivity index (χ4n) is 3.93. The van der Waals surface area contributed by atoms with Crippen molar-refractivity contribution in [3.63, 3.8) is 0 Å². The van der Waals surface area contributed by atoms with E-state index in [2.05, 4.69) is 20.6 Å². The number of aromatic nitrogens is 4. The summed E-state index contributed by atoms with van der Waals surface area (Å²) in [6.07, 6.45) is 7.03. The van der Waals surface area contributed by atoms with E-state index in [1.807, 2.05) is 6.92 Å². The van der Waals surface area contributed by atoms with E-state index in [9.17, 15) is 9.59 Å². The SMILES string of the molecule is CCOC(=O)c1sc2nc(CN3CCCCC3)nc(Nc3cnn(CC(=O)NC)c3)c2c1C. The van der Waals surface area contributed by atoms with Gasteiger partial charge in [-0.1, -0.05) is 6.42 Å². The zero-order valence-electron chi connectivity index (χ0n) is 19.2. The molecule has 33 heavy (non-hydrogen) atoms. The second-order valence-corrected chi connectivity index (χ2v) is 9.01. The number of anilines is 2. The van der Waals surface area contributed by atoms with Gasteiger partial charge in [-0.2, -0.15) is 5.10 Å². The van der Waals surface area contributed by atoms with Crippen molar-refractivity contribution in [1.82, 2.24) is 30.0 Å². The minimum absolute atomic E-state index is 0.127. The summed E-state index contributed by atoms with van der Waals surface area (Å²) in [5, 5.41) is 11.0. The third-order valence-electron chi connectivity index (χ3n) is 5.59. The van der Waals surface area contributed by atoms with Crippen LogP contribution in [0.2, 0.25) is 0 Å². The predicted molar refractivity (Wildman–Crippen MR) is 127 cm³/mol. The van der Waals surface area contributed by atoms with E-state index in [4.69, 9.17) is 14.7 Å². The number of esters is 1. The summed E-state index contributed by atoms with van der Waals surface area (Å²) in [6.45, 7) is 6.85. The normalized spacial score (nSPS) is 14.4. The van der Waals surface area contributed by atoms with Crippen LogP contribution < -0.4 is 10.6 Å². The fraction of sp³-hybridized carbons (Fsp3) is 0.500. The second kappa shape index (κ2) is 10.3. The Balaban J connectivity index is 1.69. The number of rotatable bonds is 8. The van der Waals surface area contributed by atoms with Crippen LogP contribution in [0.3, 0.4) is 0 Å². The first-order chi connectivity index (χ1) is 16.0. The Hall–Kier alpha value is -3.05. The summed E-state index contributed by atoms with van der Waals surface area (Å²) >= 11 is 1.33. The van der Waals surface area contributed by atoms with Crippen LogP contribution in [0.15, 0.2) is 12.4 Å². The van der Waals surface area contributed by atoms with Crippen LogP contribution in [0.5, 0.6) is 0 Å². The molecule has 0 atom stereocenters. The summed E-state index contributed by atoms with van der Waals surface area (Å²) in [5.41, 5.74) is 1.49. The van der Waals surface area contributed by atoms with Gasteiger partial charge < -0.3 is 15.4 Å². The third-order valence-corrected chi connectivity index (χ3v) is 6.76. The molecule has 11 heteroatoms. The summed E-state index contributed by atoms with van der Waals surface area (Å²) in [6, 6.07) is 0. The molecule has 0 aromatic carbocycles. The molecule has 0 aliphatic carbocycles. The highest BCUT2D eigenvalue weighted by molar-refractivity contribution is 7.20. The van der Waals surface area contributed by atoms with Gasteiger partial charge in [-0.15, -0.1) is 11.3 Å². The number of amides is 1. The lowest BCUT2D eigenvalue weighted by Gasteiger charge is -2.25. The van der Waals surface area contributed by atoms with Crippen molar-refractivity contribution in [1.29, 1.82) is 0 Å². The number of likely N-dealkylation sites (N-methyl/N-ethyl adjacent to an activating group) is 1. The molecule has 4 heterocycles. The molecule has 1 aliphatic heterocycles. The molecule has 2 N–H and O–H groups in total. The lowest BCUT2D eigenvalue weighted by atomic mass is 10.1. The summed E-state index contributed by atoms with van der Waals surface area (Å²) < 4.78 is 6.80. The van der Waals surface area contributed by atoms with Crippen LogP contribution in [0.25, 0.3) is 10.2 Å². The molecule has 3 aromatic heterocycles. The van der Waals surface area contributed by atoms with Crippen LogP contribution in [0.1, 0.15) is 47.2 Å². The van der Waals surface area contributed by atoms with Gasteiger partial charge in [-0.25, -0.2) is 14.8 Å². The molecular weight excluding hydrogens is 442 g/mol. The van der Waals surface area contributed by atoms with Gasteiger partial charge in [0.25, 0.3) is 0 Å². The summed E-state index contributed by atoms with van der Waals surface area (Å²) in [5.74, 6) is 0.850. The Labute approximate surface area is 196 Å². The molecule has 0 saturated carbocycles. The lowest BCUT2D eigenvalue weighted by molar-refractivity contribution is -0.121. The van der Waals surface area contributed by atoms with Crippen molar-refractivity contribution in [2.45, 2.75) is 46.2 Å². The van der Waals surface area contributed by atoms with Gasteiger partial charge in [-0.3, -0.25) is 14.4 Å².